The molecule has 2 aromatic carbocycles. The van der Waals surface area contributed by atoms with Gasteiger partial charge in [-0.05, 0) is 63.1 Å². The van der Waals surface area contributed by atoms with E-state index in [1.54, 1.807) is 32.0 Å². The van der Waals surface area contributed by atoms with Gasteiger partial charge in [0.25, 0.3) is 21.8 Å². The van der Waals surface area contributed by atoms with Crippen LogP contribution in [0.1, 0.15) is 47.4 Å². The Morgan fingerprint density at radius 1 is 1.28 bits per heavy atom. The van der Waals surface area contributed by atoms with Crippen molar-refractivity contribution in [3.63, 3.8) is 0 Å². The summed E-state index contributed by atoms with van der Waals surface area (Å²) in [6.07, 6.45) is 1.89. The maximum absolute atomic E-state index is 12.9. The van der Waals surface area contributed by atoms with Gasteiger partial charge in [-0.25, -0.2) is 12.7 Å². The van der Waals surface area contributed by atoms with Crippen LogP contribution in [0.4, 0.5) is 5.69 Å². The van der Waals surface area contributed by atoms with Crippen LogP contribution >= 0.6 is 11.6 Å². The highest BCUT2D eigenvalue weighted by atomic mass is 35.5. The molecule has 1 fully saturated rings. The van der Waals surface area contributed by atoms with Gasteiger partial charge < -0.3 is 14.8 Å². The Labute approximate surface area is 191 Å². The normalized spacial score (nSPS) is 19.3. The van der Waals surface area contributed by atoms with Crippen molar-refractivity contribution in [2.75, 3.05) is 18.5 Å². The molecular weight excluding hydrogens is 456 g/mol. The maximum atomic E-state index is 12.9. The molecule has 0 radical (unpaired) electrons. The van der Waals surface area contributed by atoms with E-state index in [4.69, 9.17) is 21.1 Å². The molecule has 10 heteroatoms. The van der Waals surface area contributed by atoms with Crippen LogP contribution in [0, 0.1) is 0 Å². The molecule has 32 heavy (non-hydrogen) atoms. The van der Waals surface area contributed by atoms with E-state index < -0.39 is 27.9 Å². The molecule has 2 aliphatic rings. The summed E-state index contributed by atoms with van der Waals surface area (Å²) in [6.45, 7) is 4.28. The Morgan fingerprint density at radius 3 is 2.75 bits per heavy atom. The van der Waals surface area contributed by atoms with Gasteiger partial charge in [0.05, 0.1) is 17.4 Å². The van der Waals surface area contributed by atoms with Gasteiger partial charge in [0, 0.05) is 23.2 Å². The second-order valence-corrected chi connectivity index (χ2v) is 10.2. The number of nitrogens with zero attached hydrogens (tertiary/aromatic N) is 1. The molecule has 1 N–H and O–H groups in total. The van der Waals surface area contributed by atoms with Crippen LogP contribution in [-0.4, -0.2) is 49.9 Å². The lowest BCUT2D eigenvalue weighted by atomic mass is 10.1. The predicted molar refractivity (Wildman–Crippen MR) is 119 cm³/mol. The lowest BCUT2D eigenvalue weighted by Crippen LogP contribution is -2.36. The summed E-state index contributed by atoms with van der Waals surface area (Å²) in [5, 5.41) is 3.13. The Kier molecular flexibility index (Phi) is 6.15. The van der Waals surface area contributed by atoms with E-state index in [-0.39, 0.29) is 22.1 Å². The first-order valence-electron chi connectivity index (χ1n) is 10.3. The highest BCUT2D eigenvalue weighted by Gasteiger charge is 2.43. The summed E-state index contributed by atoms with van der Waals surface area (Å²) in [6, 6.07) is 8.32. The van der Waals surface area contributed by atoms with Crippen LogP contribution in [0.5, 0.6) is 5.75 Å². The Hall–Kier alpha value is -2.62. The number of anilines is 1. The molecular formula is C22H23ClN2O6S. The molecule has 0 aliphatic carbocycles. The van der Waals surface area contributed by atoms with Crippen LogP contribution in [0.25, 0.3) is 0 Å². The number of carbonyl (C=O) groups excluding carboxylic acids is 2. The SMILES string of the molecule is CC(C)N1C(=O)c2ccc(C(=O)Nc3cc(Cl)ccc3OCC3CCCO3)cc2S1(=O)=O. The number of rotatable bonds is 6. The molecule has 2 aromatic rings. The third kappa shape index (κ3) is 4.20. The molecule has 1 unspecified atom stereocenters. The van der Waals surface area contributed by atoms with Crippen molar-refractivity contribution in [3.05, 3.63) is 52.5 Å². The van der Waals surface area contributed by atoms with Gasteiger partial charge in [-0.1, -0.05) is 11.6 Å². The van der Waals surface area contributed by atoms with Crippen LogP contribution in [-0.2, 0) is 14.8 Å². The van der Waals surface area contributed by atoms with Crippen molar-refractivity contribution >= 4 is 39.1 Å². The monoisotopic (exact) mass is 478 g/mol. The van der Waals surface area contributed by atoms with Gasteiger partial charge in [-0.15, -0.1) is 0 Å². The van der Waals surface area contributed by atoms with Gasteiger partial charge in [0.15, 0.2) is 0 Å². The van der Waals surface area contributed by atoms with Crippen molar-refractivity contribution < 1.29 is 27.5 Å². The standard InChI is InChI=1S/C22H23ClN2O6S/c1-13(2)25-22(27)17-7-5-14(10-20(17)32(25,28)29)21(26)24-18-11-15(23)6-8-19(18)31-12-16-4-3-9-30-16/h5-8,10-11,13,16H,3-4,9,12H2,1-2H3,(H,24,26). The summed E-state index contributed by atoms with van der Waals surface area (Å²) < 4.78 is 37.8. The van der Waals surface area contributed by atoms with Gasteiger partial charge in [0.1, 0.15) is 17.3 Å². The van der Waals surface area contributed by atoms with E-state index in [0.29, 0.717) is 29.7 Å². The van der Waals surface area contributed by atoms with E-state index >= 15 is 0 Å². The average molecular weight is 479 g/mol. The van der Waals surface area contributed by atoms with Crippen LogP contribution in [0.2, 0.25) is 5.02 Å². The smallest absolute Gasteiger partial charge is 0.269 e. The molecule has 8 nitrogen and oxygen atoms in total. The van der Waals surface area contributed by atoms with Crippen molar-refractivity contribution in [1.82, 2.24) is 4.31 Å². The minimum atomic E-state index is -4.01. The Balaban J connectivity index is 1.58. The Morgan fingerprint density at radius 2 is 2.06 bits per heavy atom. The maximum Gasteiger partial charge on any atom is 0.269 e. The summed E-state index contributed by atoms with van der Waals surface area (Å²) in [5.74, 6) is -0.725. The topological polar surface area (TPSA) is 102 Å². The van der Waals surface area contributed by atoms with Crippen LogP contribution < -0.4 is 10.1 Å². The molecule has 170 valence electrons. The fraction of sp³-hybridized carbons (Fsp3) is 0.364. The largest absolute Gasteiger partial charge is 0.489 e. The molecule has 1 saturated heterocycles. The molecule has 4 rings (SSSR count). The second-order valence-electron chi connectivity index (χ2n) is 7.95. The van der Waals surface area contributed by atoms with Crippen molar-refractivity contribution in [2.45, 2.75) is 43.7 Å². The van der Waals surface area contributed by atoms with E-state index in [0.717, 1.165) is 17.1 Å². The fourth-order valence-electron chi connectivity index (χ4n) is 3.78. The molecule has 1 atom stereocenters. The minimum absolute atomic E-state index is 0.00223. The zero-order valence-electron chi connectivity index (χ0n) is 17.6. The molecule has 0 spiro atoms. The zero-order valence-corrected chi connectivity index (χ0v) is 19.2. The number of hydrogen-bond donors (Lipinski definition) is 1. The van der Waals surface area contributed by atoms with Crippen LogP contribution in [0.3, 0.4) is 0 Å². The number of nitrogens with one attached hydrogen (secondary N) is 1. The number of hydrogen-bond acceptors (Lipinski definition) is 6. The van der Waals surface area contributed by atoms with E-state index in [9.17, 15) is 18.0 Å². The highest BCUT2D eigenvalue weighted by Crippen LogP contribution is 2.34. The predicted octanol–water partition coefficient (Wildman–Crippen LogP) is 3.70. The molecule has 2 amide bonds. The number of fused-ring (bicyclic) bond motifs is 1. The third-order valence-electron chi connectivity index (χ3n) is 5.32. The molecule has 0 saturated carbocycles. The van der Waals surface area contributed by atoms with Crippen LogP contribution in [0.15, 0.2) is 41.3 Å². The van der Waals surface area contributed by atoms with Gasteiger partial charge in [0.2, 0.25) is 0 Å². The number of benzene rings is 2. The molecule has 0 aromatic heterocycles. The number of halogens is 1. The first-order valence-corrected chi connectivity index (χ1v) is 12.1. The zero-order chi connectivity index (χ0) is 23.0. The van der Waals surface area contributed by atoms with E-state index in [1.165, 1.54) is 18.2 Å². The van der Waals surface area contributed by atoms with Crippen molar-refractivity contribution in [2.24, 2.45) is 0 Å². The summed E-state index contributed by atoms with van der Waals surface area (Å²) in [5.41, 5.74) is 0.498. The number of amides is 2. The highest BCUT2D eigenvalue weighted by molar-refractivity contribution is 7.90. The van der Waals surface area contributed by atoms with E-state index in [1.807, 2.05) is 0 Å². The minimum Gasteiger partial charge on any atom is -0.489 e. The van der Waals surface area contributed by atoms with Gasteiger partial charge in [-0.2, -0.15) is 0 Å². The lowest BCUT2D eigenvalue weighted by molar-refractivity contribution is 0.0682. The average Bonchev–Trinajstić information content (AvgIpc) is 3.32. The van der Waals surface area contributed by atoms with Gasteiger partial charge >= 0.3 is 0 Å². The lowest BCUT2D eigenvalue weighted by Gasteiger charge is -2.18. The fourth-order valence-corrected chi connectivity index (χ4v) is 5.74. The first-order chi connectivity index (χ1) is 15.2. The summed E-state index contributed by atoms with van der Waals surface area (Å²) in [7, 11) is -4.01. The Bertz CT molecular complexity index is 1170. The van der Waals surface area contributed by atoms with Gasteiger partial charge in [-0.3, -0.25) is 9.59 Å². The molecule has 2 aliphatic heterocycles. The second kappa shape index (κ2) is 8.73. The van der Waals surface area contributed by atoms with Crippen molar-refractivity contribution in [3.8, 4) is 5.75 Å². The summed E-state index contributed by atoms with van der Waals surface area (Å²) >= 11 is 6.10. The third-order valence-corrected chi connectivity index (χ3v) is 7.55. The van der Waals surface area contributed by atoms with Crippen molar-refractivity contribution in [1.29, 1.82) is 0 Å². The number of sulfonamides is 1. The molecule has 2 heterocycles. The molecule has 0 bridgehead atoms. The summed E-state index contributed by atoms with van der Waals surface area (Å²) in [4.78, 5) is 25.2. The number of ether oxygens (including phenoxy) is 2. The number of carbonyl (C=O) groups is 2. The quantitative estimate of drug-likeness (QED) is 0.679. The van der Waals surface area contributed by atoms with E-state index in [2.05, 4.69) is 5.32 Å². The first kappa shape index (κ1) is 22.6.